The first-order chi connectivity index (χ1) is 7.86. The molecule has 0 aromatic carbocycles. The molecule has 3 rings (SSSR count). The second-order valence-electron chi connectivity index (χ2n) is 4.86. The lowest BCUT2D eigenvalue weighted by Crippen LogP contribution is -2.24. The summed E-state index contributed by atoms with van der Waals surface area (Å²) in [5.74, 6) is 2.56. The Labute approximate surface area is 95.5 Å². The van der Waals surface area contributed by atoms with Crippen molar-refractivity contribution in [3.8, 4) is 6.07 Å². The van der Waals surface area contributed by atoms with Gasteiger partial charge in [0.2, 0.25) is 0 Å². The number of anilines is 1. The Bertz CT molecular complexity index is 415. The third-order valence-corrected chi connectivity index (χ3v) is 3.44. The molecule has 0 atom stereocenters. The average Bonchev–Trinajstić information content (AvgIpc) is 3.18. The van der Waals surface area contributed by atoms with Gasteiger partial charge in [-0.15, -0.1) is 0 Å². The van der Waals surface area contributed by atoms with Gasteiger partial charge in [-0.1, -0.05) is 6.07 Å². The van der Waals surface area contributed by atoms with Crippen LogP contribution in [0.25, 0.3) is 0 Å². The fourth-order valence-corrected chi connectivity index (χ4v) is 2.28. The van der Waals surface area contributed by atoms with E-state index in [2.05, 4.69) is 16.4 Å². The molecule has 1 heterocycles. The van der Waals surface area contributed by atoms with Crippen molar-refractivity contribution in [2.75, 3.05) is 5.32 Å². The minimum atomic E-state index is 0.496. The van der Waals surface area contributed by atoms with E-state index in [1.807, 2.05) is 12.1 Å². The van der Waals surface area contributed by atoms with Crippen LogP contribution in [0.4, 0.5) is 5.82 Å². The molecule has 3 nitrogen and oxygen atoms in total. The number of rotatable bonds is 4. The zero-order valence-corrected chi connectivity index (χ0v) is 9.19. The summed E-state index contributed by atoms with van der Waals surface area (Å²) >= 11 is 0. The van der Waals surface area contributed by atoms with E-state index in [0.717, 1.165) is 17.7 Å². The molecule has 82 valence electrons. The van der Waals surface area contributed by atoms with Gasteiger partial charge >= 0.3 is 0 Å². The fraction of sp³-hybridized carbons (Fsp3) is 0.538. The van der Waals surface area contributed by atoms with Crippen molar-refractivity contribution < 1.29 is 0 Å². The first kappa shape index (κ1) is 9.65. The van der Waals surface area contributed by atoms with Crippen molar-refractivity contribution in [1.29, 1.82) is 5.26 Å². The Balaban J connectivity index is 1.73. The van der Waals surface area contributed by atoms with Crippen molar-refractivity contribution in [1.82, 2.24) is 4.98 Å². The molecule has 2 fully saturated rings. The molecule has 2 saturated carbocycles. The molecule has 1 aromatic rings. The van der Waals surface area contributed by atoms with E-state index in [1.165, 1.54) is 25.7 Å². The standard InChI is InChI=1S/C13H15N3/c14-8-11-2-1-3-12(15-11)16-13(9-4-5-9)10-6-7-10/h1-3,9-10,13H,4-7H2,(H,15,16). The quantitative estimate of drug-likeness (QED) is 0.836. The van der Waals surface area contributed by atoms with Crippen LogP contribution >= 0.6 is 0 Å². The van der Waals surface area contributed by atoms with E-state index in [4.69, 9.17) is 5.26 Å². The third-order valence-electron chi connectivity index (χ3n) is 3.44. The minimum Gasteiger partial charge on any atom is -0.367 e. The molecule has 1 aromatic heterocycles. The molecule has 2 aliphatic rings. The zero-order valence-electron chi connectivity index (χ0n) is 9.19. The lowest BCUT2D eigenvalue weighted by Gasteiger charge is -2.18. The third kappa shape index (κ3) is 2.01. The summed E-state index contributed by atoms with van der Waals surface area (Å²) in [5, 5.41) is 12.3. The van der Waals surface area contributed by atoms with Gasteiger partial charge in [0.05, 0.1) is 0 Å². The maximum atomic E-state index is 8.80. The van der Waals surface area contributed by atoms with Crippen LogP contribution in [0.5, 0.6) is 0 Å². The first-order valence-corrected chi connectivity index (χ1v) is 6.00. The summed E-state index contributed by atoms with van der Waals surface area (Å²) in [6.07, 6.45) is 5.41. The Morgan fingerprint density at radius 1 is 1.25 bits per heavy atom. The van der Waals surface area contributed by atoms with Gasteiger partial charge in [0.15, 0.2) is 0 Å². The molecule has 0 radical (unpaired) electrons. The largest absolute Gasteiger partial charge is 0.367 e. The van der Waals surface area contributed by atoms with E-state index in [-0.39, 0.29) is 0 Å². The van der Waals surface area contributed by atoms with Gasteiger partial charge < -0.3 is 5.32 Å². The summed E-state index contributed by atoms with van der Waals surface area (Å²) in [4.78, 5) is 4.28. The van der Waals surface area contributed by atoms with Crippen molar-refractivity contribution in [3.05, 3.63) is 23.9 Å². The SMILES string of the molecule is N#Cc1cccc(NC(C2CC2)C2CC2)n1. The molecular weight excluding hydrogens is 198 g/mol. The molecule has 0 saturated heterocycles. The number of hydrogen-bond acceptors (Lipinski definition) is 3. The lowest BCUT2D eigenvalue weighted by atomic mass is 10.1. The van der Waals surface area contributed by atoms with E-state index in [9.17, 15) is 0 Å². The zero-order chi connectivity index (χ0) is 11.0. The van der Waals surface area contributed by atoms with Gasteiger partial charge in [-0.3, -0.25) is 0 Å². The lowest BCUT2D eigenvalue weighted by molar-refractivity contribution is 0.565. The molecule has 0 amide bonds. The highest BCUT2D eigenvalue weighted by atomic mass is 15.0. The van der Waals surface area contributed by atoms with Gasteiger partial charge in [-0.05, 0) is 49.7 Å². The Kier molecular flexibility index (Phi) is 2.28. The molecule has 0 spiro atoms. The minimum absolute atomic E-state index is 0.496. The van der Waals surface area contributed by atoms with Crippen molar-refractivity contribution in [3.63, 3.8) is 0 Å². The Hall–Kier alpha value is -1.56. The fourth-order valence-electron chi connectivity index (χ4n) is 2.28. The predicted molar refractivity (Wildman–Crippen MR) is 61.8 cm³/mol. The number of pyridine rings is 1. The average molecular weight is 213 g/mol. The second-order valence-corrected chi connectivity index (χ2v) is 4.86. The molecule has 0 aliphatic heterocycles. The van der Waals surface area contributed by atoms with Gasteiger partial charge in [0.1, 0.15) is 17.6 Å². The summed E-state index contributed by atoms with van der Waals surface area (Å²) in [5.41, 5.74) is 0.496. The number of nitriles is 1. The van der Waals surface area contributed by atoms with Crippen molar-refractivity contribution in [2.24, 2.45) is 11.8 Å². The predicted octanol–water partition coefficient (Wildman–Crippen LogP) is 2.55. The van der Waals surface area contributed by atoms with Crippen LogP contribution in [0, 0.1) is 23.2 Å². The summed E-state index contributed by atoms with van der Waals surface area (Å²) in [6.45, 7) is 0. The van der Waals surface area contributed by atoms with Gasteiger partial charge in [0, 0.05) is 6.04 Å². The number of aromatic nitrogens is 1. The van der Waals surface area contributed by atoms with Crippen molar-refractivity contribution >= 4 is 5.82 Å². The summed E-state index contributed by atoms with van der Waals surface area (Å²) < 4.78 is 0. The molecule has 0 unspecified atom stereocenters. The van der Waals surface area contributed by atoms with Gasteiger partial charge in [-0.25, -0.2) is 4.98 Å². The summed E-state index contributed by atoms with van der Waals surface area (Å²) in [7, 11) is 0. The van der Waals surface area contributed by atoms with Crippen LogP contribution in [0.2, 0.25) is 0 Å². The van der Waals surface area contributed by atoms with Crippen LogP contribution in [-0.2, 0) is 0 Å². The molecular formula is C13H15N3. The topological polar surface area (TPSA) is 48.7 Å². The highest BCUT2D eigenvalue weighted by Crippen LogP contribution is 2.45. The van der Waals surface area contributed by atoms with E-state index >= 15 is 0 Å². The van der Waals surface area contributed by atoms with Crippen LogP contribution in [-0.4, -0.2) is 11.0 Å². The van der Waals surface area contributed by atoms with Crippen LogP contribution in [0.1, 0.15) is 31.4 Å². The normalized spacial score (nSPS) is 19.5. The highest BCUT2D eigenvalue weighted by molar-refractivity contribution is 5.40. The highest BCUT2D eigenvalue weighted by Gasteiger charge is 2.41. The van der Waals surface area contributed by atoms with Crippen LogP contribution in [0.3, 0.4) is 0 Å². The van der Waals surface area contributed by atoms with E-state index in [0.29, 0.717) is 11.7 Å². The molecule has 16 heavy (non-hydrogen) atoms. The summed E-state index contributed by atoms with van der Waals surface area (Å²) in [6, 6.07) is 8.27. The van der Waals surface area contributed by atoms with E-state index in [1.54, 1.807) is 6.07 Å². The number of hydrogen-bond donors (Lipinski definition) is 1. The van der Waals surface area contributed by atoms with Crippen LogP contribution in [0.15, 0.2) is 18.2 Å². The Morgan fingerprint density at radius 2 is 1.94 bits per heavy atom. The van der Waals surface area contributed by atoms with Gasteiger partial charge in [-0.2, -0.15) is 5.26 Å². The Morgan fingerprint density at radius 3 is 2.50 bits per heavy atom. The molecule has 0 bridgehead atoms. The van der Waals surface area contributed by atoms with Crippen molar-refractivity contribution in [2.45, 2.75) is 31.7 Å². The molecule has 3 heteroatoms. The van der Waals surface area contributed by atoms with E-state index < -0.39 is 0 Å². The number of nitrogens with zero attached hydrogens (tertiary/aromatic N) is 2. The number of nitrogens with one attached hydrogen (secondary N) is 1. The first-order valence-electron chi connectivity index (χ1n) is 6.00. The molecule has 2 aliphatic carbocycles. The second kappa shape index (κ2) is 3.79. The van der Waals surface area contributed by atoms with Crippen LogP contribution < -0.4 is 5.32 Å². The molecule has 1 N–H and O–H groups in total. The maximum absolute atomic E-state index is 8.80. The monoisotopic (exact) mass is 213 g/mol. The smallest absolute Gasteiger partial charge is 0.142 e. The maximum Gasteiger partial charge on any atom is 0.142 e. The van der Waals surface area contributed by atoms with Gasteiger partial charge in [0.25, 0.3) is 0 Å².